The Hall–Kier alpha value is -2.11. The molecule has 0 aromatic carbocycles. The molecule has 0 bridgehead atoms. The first kappa shape index (κ1) is 16.3. The molecule has 0 spiro atoms. The van der Waals surface area contributed by atoms with E-state index in [0.717, 1.165) is 25.0 Å². The van der Waals surface area contributed by atoms with Crippen molar-refractivity contribution in [1.82, 2.24) is 15.1 Å². The highest BCUT2D eigenvalue weighted by Gasteiger charge is 2.18. The minimum atomic E-state index is -0.642. The molecule has 0 unspecified atom stereocenters. The third-order valence-corrected chi connectivity index (χ3v) is 4.07. The molecule has 1 aliphatic carbocycles. The fourth-order valence-electron chi connectivity index (χ4n) is 2.67. The average molecular weight is 304 g/mol. The van der Waals surface area contributed by atoms with Crippen molar-refractivity contribution in [2.75, 3.05) is 11.9 Å². The molecule has 6 heteroatoms. The highest BCUT2D eigenvalue weighted by molar-refractivity contribution is 6.39. The molecule has 0 radical (unpaired) electrons. The average Bonchev–Trinajstić information content (AvgIpc) is 2.74. The van der Waals surface area contributed by atoms with Crippen molar-refractivity contribution in [3.8, 4) is 0 Å². The van der Waals surface area contributed by atoms with Gasteiger partial charge in [0.1, 0.15) is 0 Å². The van der Waals surface area contributed by atoms with Crippen LogP contribution in [0.3, 0.4) is 0 Å². The van der Waals surface area contributed by atoms with Crippen LogP contribution >= 0.6 is 0 Å². The summed E-state index contributed by atoms with van der Waals surface area (Å²) in [5, 5.41) is 9.52. The molecule has 1 aromatic rings. The number of hydrogen-bond donors (Lipinski definition) is 2. The van der Waals surface area contributed by atoms with Crippen LogP contribution in [0.15, 0.2) is 11.6 Å². The molecular formula is C16H24N4O2. The van der Waals surface area contributed by atoms with Crippen LogP contribution in [0.25, 0.3) is 0 Å². The summed E-state index contributed by atoms with van der Waals surface area (Å²) in [6.45, 7) is 4.15. The first-order valence-corrected chi connectivity index (χ1v) is 7.76. The number of hydrogen-bond acceptors (Lipinski definition) is 3. The Bertz CT molecular complexity index is 602. The molecule has 0 atom stereocenters. The normalized spacial score (nSPS) is 14.4. The van der Waals surface area contributed by atoms with Gasteiger partial charge in [0.05, 0.1) is 17.1 Å². The van der Waals surface area contributed by atoms with Gasteiger partial charge < -0.3 is 10.6 Å². The maximum atomic E-state index is 11.9. The number of rotatable bonds is 4. The van der Waals surface area contributed by atoms with Crippen LogP contribution in [0.2, 0.25) is 0 Å². The Labute approximate surface area is 131 Å². The molecule has 1 heterocycles. The third-order valence-electron chi connectivity index (χ3n) is 4.07. The van der Waals surface area contributed by atoms with E-state index in [4.69, 9.17) is 0 Å². The Morgan fingerprint density at radius 3 is 2.64 bits per heavy atom. The first-order valence-electron chi connectivity index (χ1n) is 7.76. The van der Waals surface area contributed by atoms with E-state index in [2.05, 4.69) is 21.8 Å². The van der Waals surface area contributed by atoms with Gasteiger partial charge in [0.25, 0.3) is 0 Å². The summed E-state index contributed by atoms with van der Waals surface area (Å²) < 4.78 is 1.68. The Balaban J connectivity index is 1.82. The lowest BCUT2D eigenvalue weighted by Crippen LogP contribution is -2.36. The smallest absolute Gasteiger partial charge is 0.313 e. The minimum Gasteiger partial charge on any atom is -0.348 e. The fourth-order valence-corrected chi connectivity index (χ4v) is 2.67. The van der Waals surface area contributed by atoms with Crippen molar-refractivity contribution in [2.24, 2.45) is 7.05 Å². The number of carbonyl (C=O) groups is 2. The number of aromatic nitrogens is 2. The van der Waals surface area contributed by atoms with Gasteiger partial charge in [-0.3, -0.25) is 14.3 Å². The van der Waals surface area contributed by atoms with Crippen LogP contribution < -0.4 is 10.6 Å². The molecule has 0 aliphatic heterocycles. The van der Waals surface area contributed by atoms with Gasteiger partial charge >= 0.3 is 11.8 Å². The largest absolute Gasteiger partial charge is 0.348 e. The quantitative estimate of drug-likeness (QED) is 0.659. The van der Waals surface area contributed by atoms with Crippen molar-refractivity contribution in [2.45, 2.75) is 46.0 Å². The zero-order chi connectivity index (χ0) is 16.1. The maximum absolute atomic E-state index is 11.9. The van der Waals surface area contributed by atoms with Gasteiger partial charge in [0.2, 0.25) is 0 Å². The van der Waals surface area contributed by atoms with Crippen LogP contribution in [-0.4, -0.2) is 28.1 Å². The molecule has 2 rings (SSSR count). The number of anilines is 1. The van der Waals surface area contributed by atoms with Gasteiger partial charge in [-0.25, -0.2) is 0 Å². The number of nitrogens with one attached hydrogen (secondary N) is 2. The molecule has 2 N–H and O–H groups in total. The molecule has 0 saturated carbocycles. The van der Waals surface area contributed by atoms with E-state index in [1.165, 1.54) is 18.4 Å². The second-order valence-corrected chi connectivity index (χ2v) is 5.74. The molecule has 2 amide bonds. The highest BCUT2D eigenvalue weighted by atomic mass is 16.2. The summed E-state index contributed by atoms with van der Waals surface area (Å²) in [5.74, 6) is -1.24. The van der Waals surface area contributed by atoms with E-state index in [1.54, 1.807) is 18.7 Å². The Kier molecular flexibility index (Phi) is 5.35. The van der Waals surface area contributed by atoms with Gasteiger partial charge in [-0.1, -0.05) is 11.6 Å². The molecule has 22 heavy (non-hydrogen) atoms. The molecule has 120 valence electrons. The van der Waals surface area contributed by atoms with E-state index in [1.807, 2.05) is 6.92 Å². The number of aryl methyl sites for hydroxylation is 2. The molecule has 1 aromatic heterocycles. The van der Waals surface area contributed by atoms with Gasteiger partial charge in [-0.2, -0.15) is 5.10 Å². The van der Waals surface area contributed by atoms with Gasteiger partial charge in [0.15, 0.2) is 0 Å². The molecule has 1 aliphatic rings. The topological polar surface area (TPSA) is 76.0 Å². The molecular weight excluding hydrogens is 280 g/mol. The zero-order valence-electron chi connectivity index (χ0n) is 13.5. The zero-order valence-corrected chi connectivity index (χ0v) is 13.5. The number of amides is 2. The van der Waals surface area contributed by atoms with Gasteiger partial charge in [-0.05, 0) is 46.0 Å². The molecule has 0 saturated heterocycles. The second-order valence-electron chi connectivity index (χ2n) is 5.74. The van der Waals surface area contributed by atoms with E-state index in [-0.39, 0.29) is 0 Å². The summed E-state index contributed by atoms with van der Waals surface area (Å²) >= 11 is 0. The lowest BCUT2D eigenvalue weighted by molar-refractivity contribution is -0.136. The predicted molar refractivity (Wildman–Crippen MR) is 85.5 cm³/mol. The summed E-state index contributed by atoms with van der Waals surface area (Å²) in [6.07, 6.45) is 7.78. The van der Waals surface area contributed by atoms with E-state index >= 15 is 0 Å². The standard InChI is InChI=1S/C16H24N4O2/c1-11-14(12(2)20(3)19-11)18-16(22)15(21)17-10-9-13-7-5-4-6-8-13/h7H,4-6,8-10H2,1-3H3,(H,17,21)(H,18,22). The van der Waals surface area contributed by atoms with Crippen LogP contribution in [-0.2, 0) is 16.6 Å². The van der Waals surface area contributed by atoms with Crippen molar-refractivity contribution in [1.29, 1.82) is 0 Å². The highest BCUT2D eigenvalue weighted by Crippen LogP contribution is 2.19. The van der Waals surface area contributed by atoms with Crippen molar-refractivity contribution < 1.29 is 9.59 Å². The van der Waals surface area contributed by atoms with Gasteiger partial charge in [0, 0.05) is 13.6 Å². The first-order chi connectivity index (χ1) is 10.5. The Morgan fingerprint density at radius 1 is 1.27 bits per heavy atom. The number of carbonyl (C=O) groups excluding carboxylic acids is 2. The lowest BCUT2D eigenvalue weighted by atomic mass is 9.97. The fraction of sp³-hybridized carbons (Fsp3) is 0.562. The predicted octanol–water partition coefficient (Wildman–Crippen LogP) is 1.98. The SMILES string of the molecule is Cc1nn(C)c(C)c1NC(=O)C(=O)NCCC1=CCCCC1. The summed E-state index contributed by atoms with van der Waals surface area (Å²) in [5.41, 5.74) is 3.52. The monoisotopic (exact) mass is 304 g/mol. The second kappa shape index (κ2) is 7.24. The molecule has 0 fully saturated rings. The third kappa shape index (κ3) is 3.96. The van der Waals surface area contributed by atoms with Crippen LogP contribution in [0.4, 0.5) is 5.69 Å². The summed E-state index contributed by atoms with van der Waals surface area (Å²) in [6, 6.07) is 0. The van der Waals surface area contributed by atoms with Crippen LogP contribution in [0.1, 0.15) is 43.5 Å². The Morgan fingerprint density at radius 2 is 2.05 bits per heavy atom. The van der Waals surface area contributed by atoms with E-state index < -0.39 is 11.8 Å². The van der Waals surface area contributed by atoms with Crippen molar-refractivity contribution >= 4 is 17.5 Å². The minimum absolute atomic E-state index is 0.503. The van der Waals surface area contributed by atoms with E-state index in [0.29, 0.717) is 17.9 Å². The van der Waals surface area contributed by atoms with Gasteiger partial charge in [-0.15, -0.1) is 0 Å². The molecule has 6 nitrogen and oxygen atoms in total. The van der Waals surface area contributed by atoms with Crippen LogP contribution in [0, 0.1) is 13.8 Å². The van der Waals surface area contributed by atoms with Crippen LogP contribution in [0.5, 0.6) is 0 Å². The van der Waals surface area contributed by atoms with E-state index in [9.17, 15) is 9.59 Å². The van der Waals surface area contributed by atoms with Crippen molar-refractivity contribution in [3.05, 3.63) is 23.0 Å². The summed E-state index contributed by atoms with van der Waals surface area (Å²) in [4.78, 5) is 23.8. The lowest BCUT2D eigenvalue weighted by Gasteiger charge is -2.12. The maximum Gasteiger partial charge on any atom is 0.313 e. The number of allylic oxidation sites excluding steroid dienone is 1. The summed E-state index contributed by atoms with van der Waals surface area (Å²) in [7, 11) is 1.80. The van der Waals surface area contributed by atoms with Crippen molar-refractivity contribution in [3.63, 3.8) is 0 Å². The number of nitrogens with zero attached hydrogens (tertiary/aromatic N) is 2.